The van der Waals surface area contributed by atoms with E-state index in [-0.39, 0.29) is 11.3 Å². The summed E-state index contributed by atoms with van der Waals surface area (Å²) < 4.78 is 0. The Morgan fingerprint density at radius 1 is 1.18 bits per heavy atom. The largest absolute Gasteiger partial charge is 0.345 e. The quantitative estimate of drug-likeness (QED) is 0.782. The number of carbonyl (C=O) groups is 1. The smallest absolute Gasteiger partial charge is 0.222 e. The molecule has 94 valence electrons. The van der Waals surface area contributed by atoms with Crippen molar-refractivity contribution in [1.29, 1.82) is 0 Å². The number of hydrogen-bond acceptors (Lipinski definition) is 1. The Hall–Kier alpha value is -1.31. The predicted octanol–water partition coefficient (Wildman–Crippen LogP) is 3.12. The molecule has 0 N–H and O–H groups in total. The van der Waals surface area contributed by atoms with Gasteiger partial charge in [0.15, 0.2) is 0 Å². The first-order chi connectivity index (χ1) is 7.88. The van der Waals surface area contributed by atoms with Crippen LogP contribution < -0.4 is 0 Å². The Morgan fingerprint density at radius 3 is 2.29 bits per heavy atom. The van der Waals surface area contributed by atoms with Crippen LogP contribution in [0.25, 0.3) is 0 Å². The van der Waals surface area contributed by atoms with Gasteiger partial charge in [0.05, 0.1) is 0 Å². The molecule has 0 atom stereocenters. The van der Waals surface area contributed by atoms with Crippen molar-refractivity contribution in [1.82, 2.24) is 4.90 Å². The van der Waals surface area contributed by atoms with Crippen LogP contribution in [0.5, 0.6) is 0 Å². The van der Waals surface area contributed by atoms with Crippen molar-refractivity contribution in [3.05, 3.63) is 35.9 Å². The van der Waals surface area contributed by atoms with Crippen molar-refractivity contribution in [3.63, 3.8) is 0 Å². The predicted molar refractivity (Wildman–Crippen MR) is 71.9 cm³/mol. The molecule has 0 saturated heterocycles. The SMILES string of the molecule is CN(CC(C)(C)C)C(=O)CCc1ccccc1. The van der Waals surface area contributed by atoms with Gasteiger partial charge in [-0.3, -0.25) is 4.79 Å². The molecule has 1 rings (SSSR count). The van der Waals surface area contributed by atoms with Crippen LogP contribution >= 0.6 is 0 Å². The molecule has 0 spiro atoms. The van der Waals surface area contributed by atoms with Gasteiger partial charge in [-0.1, -0.05) is 51.1 Å². The fourth-order valence-electron chi connectivity index (χ4n) is 1.89. The Bertz CT molecular complexity index is 351. The second-order valence-corrected chi connectivity index (χ2v) is 5.80. The zero-order valence-corrected chi connectivity index (χ0v) is 11.4. The number of amides is 1. The van der Waals surface area contributed by atoms with Gasteiger partial charge >= 0.3 is 0 Å². The average molecular weight is 233 g/mol. The maximum atomic E-state index is 11.9. The standard InChI is InChI=1S/C15H23NO/c1-15(2,3)12-16(4)14(17)11-10-13-8-6-5-7-9-13/h5-9H,10-12H2,1-4H3. The van der Waals surface area contributed by atoms with Crippen LogP contribution in [0.2, 0.25) is 0 Å². The molecular formula is C15H23NO. The van der Waals surface area contributed by atoms with Crippen LogP contribution in [-0.2, 0) is 11.2 Å². The average Bonchev–Trinajstić information content (AvgIpc) is 2.25. The van der Waals surface area contributed by atoms with Gasteiger partial charge in [-0.15, -0.1) is 0 Å². The summed E-state index contributed by atoms with van der Waals surface area (Å²) in [6, 6.07) is 10.2. The van der Waals surface area contributed by atoms with E-state index in [0.717, 1.165) is 13.0 Å². The van der Waals surface area contributed by atoms with Gasteiger partial charge in [-0.2, -0.15) is 0 Å². The lowest BCUT2D eigenvalue weighted by molar-refractivity contribution is -0.131. The molecule has 2 nitrogen and oxygen atoms in total. The molecule has 1 aromatic carbocycles. The van der Waals surface area contributed by atoms with Gasteiger partial charge in [0.1, 0.15) is 0 Å². The topological polar surface area (TPSA) is 20.3 Å². The van der Waals surface area contributed by atoms with Crippen LogP contribution in [0.3, 0.4) is 0 Å². The molecule has 0 fully saturated rings. The second kappa shape index (κ2) is 5.85. The minimum Gasteiger partial charge on any atom is -0.345 e. The van der Waals surface area contributed by atoms with Gasteiger partial charge in [-0.05, 0) is 17.4 Å². The molecule has 1 aromatic rings. The number of rotatable bonds is 4. The number of benzene rings is 1. The highest BCUT2D eigenvalue weighted by Gasteiger charge is 2.17. The summed E-state index contributed by atoms with van der Waals surface area (Å²) >= 11 is 0. The van der Waals surface area contributed by atoms with Gasteiger partial charge in [0, 0.05) is 20.0 Å². The van der Waals surface area contributed by atoms with Crippen molar-refractivity contribution >= 4 is 5.91 Å². The molecule has 17 heavy (non-hydrogen) atoms. The van der Waals surface area contributed by atoms with E-state index in [2.05, 4.69) is 32.9 Å². The van der Waals surface area contributed by atoms with E-state index in [1.54, 1.807) is 0 Å². The molecule has 1 amide bonds. The summed E-state index contributed by atoms with van der Waals surface area (Å²) in [5.41, 5.74) is 1.39. The molecule has 0 bridgehead atoms. The van der Waals surface area contributed by atoms with Gasteiger partial charge in [0.25, 0.3) is 0 Å². The zero-order valence-electron chi connectivity index (χ0n) is 11.4. The first kappa shape index (κ1) is 13.8. The summed E-state index contributed by atoms with van der Waals surface area (Å²) in [5, 5.41) is 0. The Kier molecular flexibility index (Phi) is 4.73. The third-order valence-electron chi connectivity index (χ3n) is 2.61. The molecule has 0 aliphatic heterocycles. The molecular weight excluding hydrogens is 210 g/mol. The summed E-state index contributed by atoms with van der Waals surface area (Å²) in [5.74, 6) is 0.226. The summed E-state index contributed by atoms with van der Waals surface area (Å²) in [4.78, 5) is 13.8. The van der Waals surface area contributed by atoms with Crippen molar-refractivity contribution in [2.24, 2.45) is 5.41 Å². The van der Waals surface area contributed by atoms with E-state index in [1.807, 2.05) is 30.1 Å². The first-order valence-electron chi connectivity index (χ1n) is 6.16. The van der Waals surface area contributed by atoms with E-state index >= 15 is 0 Å². The lowest BCUT2D eigenvalue weighted by Gasteiger charge is -2.26. The molecule has 0 unspecified atom stereocenters. The van der Waals surface area contributed by atoms with Crippen molar-refractivity contribution in [3.8, 4) is 0 Å². The van der Waals surface area contributed by atoms with Crippen LogP contribution in [0.15, 0.2) is 30.3 Å². The Balaban J connectivity index is 2.40. The van der Waals surface area contributed by atoms with Crippen LogP contribution in [0.4, 0.5) is 0 Å². The minimum atomic E-state index is 0.164. The van der Waals surface area contributed by atoms with Crippen molar-refractivity contribution in [2.75, 3.05) is 13.6 Å². The van der Waals surface area contributed by atoms with Gasteiger partial charge in [0.2, 0.25) is 5.91 Å². The maximum Gasteiger partial charge on any atom is 0.222 e. The monoisotopic (exact) mass is 233 g/mol. The molecule has 0 radical (unpaired) electrons. The van der Waals surface area contributed by atoms with Crippen molar-refractivity contribution in [2.45, 2.75) is 33.6 Å². The van der Waals surface area contributed by atoms with E-state index < -0.39 is 0 Å². The lowest BCUT2D eigenvalue weighted by Crippen LogP contribution is -2.34. The molecule has 0 saturated carbocycles. The molecule has 0 aromatic heterocycles. The number of hydrogen-bond donors (Lipinski definition) is 0. The third kappa shape index (κ3) is 5.53. The van der Waals surface area contributed by atoms with Crippen molar-refractivity contribution < 1.29 is 4.79 Å². The maximum absolute atomic E-state index is 11.9. The highest BCUT2D eigenvalue weighted by Crippen LogP contribution is 2.15. The fraction of sp³-hybridized carbons (Fsp3) is 0.533. The van der Waals surface area contributed by atoms with Crippen LogP contribution in [-0.4, -0.2) is 24.4 Å². The molecule has 2 heteroatoms. The van der Waals surface area contributed by atoms with E-state index in [1.165, 1.54) is 5.56 Å². The lowest BCUT2D eigenvalue weighted by atomic mass is 9.96. The summed E-state index contributed by atoms with van der Waals surface area (Å²) in [6.07, 6.45) is 1.42. The molecule has 0 heterocycles. The highest BCUT2D eigenvalue weighted by molar-refractivity contribution is 5.76. The molecule has 0 aliphatic carbocycles. The van der Waals surface area contributed by atoms with Gasteiger partial charge in [-0.25, -0.2) is 0 Å². The normalized spacial score (nSPS) is 11.3. The van der Waals surface area contributed by atoms with Gasteiger partial charge < -0.3 is 4.90 Å². The first-order valence-corrected chi connectivity index (χ1v) is 6.16. The second-order valence-electron chi connectivity index (χ2n) is 5.80. The number of aryl methyl sites for hydroxylation is 1. The highest BCUT2D eigenvalue weighted by atomic mass is 16.2. The number of nitrogens with zero attached hydrogens (tertiary/aromatic N) is 1. The minimum absolute atomic E-state index is 0.164. The molecule has 0 aliphatic rings. The number of carbonyl (C=O) groups excluding carboxylic acids is 1. The fourth-order valence-corrected chi connectivity index (χ4v) is 1.89. The Labute approximate surface area is 105 Å². The third-order valence-corrected chi connectivity index (χ3v) is 2.61. The van der Waals surface area contributed by atoms with E-state index in [0.29, 0.717) is 6.42 Å². The summed E-state index contributed by atoms with van der Waals surface area (Å²) in [7, 11) is 1.89. The van der Waals surface area contributed by atoms with E-state index in [4.69, 9.17) is 0 Å². The van der Waals surface area contributed by atoms with Crippen LogP contribution in [0.1, 0.15) is 32.8 Å². The van der Waals surface area contributed by atoms with E-state index in [9.17, 15) is 4.79 Å². The Morgan fingerprint density at radius 2 is 1.76 bits per heavy atom. The zero-order chi connectivity index (χ0) is 12.9. The van der Waals surface area contributed by atoms with Crippen LogP contribution in [0, 0.1) is 5.41 Å². The summed E-state index contributed by atoms with van der Waals surface area (Å²) in [6.45, 7) is 7.25.